The molecule has 3 aromatic rings. The van der Waals surface area contributed by atoms with Gasteiger partial charge in [-0.05, 0) is 30.3 Å². The fourth-order valence-corrected chi connectivity index (χ4v) is 2.76. The number of fused-ring (bicyclic) bond motifs is 1. The largest absolute Gasteiger partial charge is 2.00 e. The number of H-pyrrole nitrogens is 1. The quantitative estimate of drug-likeness (QED) is 0.236. The van der Waals surface area contributed by atoms with Crippen molar-refractivity contribution in [1.82, 2.24) is 4.98 Å². The minimum Gasteiger partial charge on any atom is -1.00 e. The van der Waals surface area contributed by atoms with Gasteiger partial charge < -0.3 is 28.5 Å². The molecular formula is C16H11BrCl4MgN2O2. The van der Waals surface area contributed by atoms with Crippen molar-refractivity contribution in [3.63, 3.8) is 0 Å². The number of hydrogen-bond donors (Lipinski definition) is 1. The normalized spacial score (nSPS) is 8.77. The Morgan fingerprint density at radius 1 is 0.962 bits per heavy atom. The third kappa shape index (κ3) is 8.04. The first-order valence-corrected chi connectivity index (χ1v) is 7.82. The maximum absolute atomic E-state index is 10.2. The summed E-state index contributed by atoms with van der Waals surface area (Å²) in [5, 5.41) is 13.0. The molecule has 0 saturated heterocycles. The number of hydrogen-bond acceptors (Lipinski definition) is 2. The molecule has 0 amide bonds. The fraction of sp³-hybridized carbons (Fsp3) is 0. The zero-order valence-corrected chi connectivity index (χ0v) is 19.2. The van der Waals surface area contributed by atoms with E-state index in [2.05, 4.69) is 18.1 Å². The van der Waals surface area contributed by atoms with E-state index in [-0.39, 0.29) is 50.7 Å². The van der Waals surface area contributed by atoms with Crippen molar-refractivity contribution in [3.05, 3.63) is 86.0 Å². The fourth-order valence-electron chi connectivity index (χ4n) is 1.72. The molecule has 134 valence electrons. The molecule has 0 saturated carbocycles. The van der Waals surface area contributed by atoms with E-state index in [0.29, 0.717) is 15.1 Å². The van der Waals surface area contributed by atoms with Gasteiger partial charge in [0.1, 0.15) is 5.02 Å². The molecule has 0 fully saturated rings. The Hall–Kier alpha value is -0.474. The van der Waals surface area contributed by atoms with Crippen LogP contribution >= 0.6 is 46.4 Å². The average molecular weight is 509 g/mol. The van der Waals surface area contributed by atoms with E-state index in [9.17, 15) is 10.1 Å². The summed E-state index contributed by atoms with van der Waals surface area (Å²) in [5.74, 6) is 0. The van der Waals surface area contributed by atoms with Crippen molar-refractivity contribution >= 4 is 86.0 Å². The van der Waals surface area contributed by atoms with E-state index in [1.165, 1.54) is 18.2 Å². The molecule has 3 rings (SSSR count). The number of halogens is 5. The molecule has 0 aliphatic carbocycles. The van der Waals surface area contributed by atoms with Gasteiger partial charge in [-0.1, -0.05) is 46.4 Å². The summed E-state index contributed by atoms with van der Waals surface area (Å²) in [4.78, 5) is 12.7. The number of aromatic nitrogens is 1. The Morgan fingerprint density at radius 2 is 1.54 bits per heavy atom. The molecule has 10 heteroatoms. The SMILES string of the molecule is Clc1cc(Cl)c2[nH]ccc2c1.O=[N+]([O-])c1ccc(Cl)cc1Cl.[Br-].[CH-]=C.[Mg+2]. The maximum Gasteiger partial charge on any atom is 2.00 e. The van der Waals surface area contributed by atoms with Gasteiger partial charge in [0.05, 0.1) is 15.5 Å². The number of nitrogens with zero attached hydrogens (tertiary/aromatic N) is 1. The van der Waals surface area contributed by atoms with Crippen molar-refractivity contribution in [2.24, 2.45) is 0 Å². The summed E-state index contributed by atoms with van der Waals surface area (Å²) >= 11 is 22.7. The van der Waals surface area contributed by atoms with Gasteiger partial charge in [0.15, 0.2) is 0 Å². The first-order valence-electron chi connectivity index (χ1n) is 6.31. The number of rotatable bonds is 1. The third-order valence-corrected chi connectivity index (χ3v) is 3.74. The van der Waals surface area contributed by atoms with Crippen molar-refractivity contribution in [1.29, 1.82) is 0 Å². The number of aromatic amines is 1. The topological polar surface area (TPSA) is 58.9 Å². The molecule has 0 spiro atoms. The molecule has 0 bridgehead atoms. The van der Waals surface area contributed by atoms with Crippen LogP contribution in [0.1, 0.15) is 0 Å². The van der Waals surface area contributed by atoms with Crippen molar-refractivity contribution in [2.75, 3.05) is 0 Å². The maximum atomic E-state index is 10.2. The molecule has 1 aromatic heterocycles. The minimum atomic E-state index is -0.557. The van der Waals surface area contributed by atoms with E-state index in [1.807, 2.05) is 18.3 Å². The van der Waals surface area contributed by atoms with E-state index in [0.717, 1.165) is 10.9 Å². The zero-order valence-electron chi connectivity index (χ0n) is 13.2. The average Bonchev–Trinajstić information content (AvgIpc) is 2.98. The first kappa shape index (κ1) is 27.7. The predicted octanol–water partition coefficient (Wildman–Crippen LogP) is 3.60. The van der Waals surface area contributed by atoms with Gasteiger partial charge in [0.2, 0.25) is 0 Å². The van der Waals surface area contributed by atoms with Crippen LogP contribution in [0.25, 0.3) is 10.9 Å². The molecule has 4 nitrogen and oxygen atoms in total. The second kappa shape index (κ2) is 13.7. The van der Waals surface area contributed by atoms with Gasteiger partial charge >= 0.3 is 23.1 Å². The Morgan fingerprint density at radius 3 is 2.08 bits per heavy atom. The van der Waals surface area contributed by atoms with Crippen LogP contribution < -0.4 is 17.0 Å². The van der Waals surface area contributed by atoms with E-state index in [4.69, 9.17) is 46.4 Å². The second-order valence-corrected chi connectivity index (χ2v) is 5.87. The molecule has 0 aliphatic heterocycles. The molecule has 0 radical (unpaired) electrons. The van der Waals surface area contributed by atoms with E-state index >= 15 is 0 Å². The second-order valence-electron chi connectivity index (χ2n) is 4.18. The van der Waals surface area contributed by atoms with Crippen LogP contribution in [-0.4, -0.2) is 33.0 Å². The van der Waals surface area contributed by atoms with Crippen molar-refractivity contribution < 1.29 is 21.9 Å². The molecular weight excluding hydrogens is 498 g/mol. The molecule has 0 aliphatic rings. The predicted molar refractivity (Wildman–Crippen MR) is 107 cm³/mol. The molecule has 1 N–H and O–H groups in total. The Bertz CT molecular complexity index is 861. The minimum absolute atomic E-state index is 0. The zero-order chi connectivity index (χ0) is 18.3. The van der Waals surface area contributed by atoms with Crippen LogP contribution in [0.3, 0.4) is 0 Å². The van der Waals surface area contributed by atoms with Gasteiger partial charge in [-0.2, -0.15) is 0 Å². The first-order chi connectivity index (χ1) is 11.4. The van der Waals surface area contributed by atoms with Gasteiger partial charge in [-0.3, -0.25) is 16.7 Å². The molecule has 1 heterocycles. The summed E-state index contributed by atoms with van der Waals surface area (Å²) in [5.41, 5.74) is 0.812. The number of nitro groups is 1. The van der Waals surface area contributed by atoms with Crippen LogP contribution in [-0.2, 0) is 0 Å². The summed E-state index contributed by atoms with van der Waals surface area (Å²) in [6, 6.07) is 9.56. The van der Waals surface area contributed by atoms with Crippen LogP contribution in [0.5, 0.6) is 0 Å². The Kier molecular flexibility index (Phi) is 14.6. The molecule has 2 aromatic carbocycles. The van der Waals surface area contributed by atoms with Crippen LogP contribution in [0, 0.1) is 16.7 Å². The number of nitro benzene ring substituents is 1. The summed E-state index contributed by atoms with van der Waals surface area (Å²) in [6.45, 7) is 7.00. The summed E-state index contributed by atoms with van der Waals surface area (Å²) in [7, 11) is 0. The van der Waals surface area contributed by atoms with Gasteiger partial charge in [-0.15, -0.1) is 0 Å². The molecule has 0 unspecified atom stereocenters. The monoisotopic (exact) mass is 506 g/mol. The van der Waals surface area contributed by atoms with Gasteiger partial charge in [0.25, 0.3) is 5.69 Å². The Labute approximate surface area is 197 Å². The Balaban J connectivity index is 0. The van der Waals surface area contributed by atoms with Gasteiger partial charge in [0, 0.05) is 27.7 Å². The molecule has 26 heavy (non-hydrogen) atoms. The third-order valence-electron chi connectivity index (χ3n) is 2.68. The summed E-state index contributed by atoms with van der Waals surface area (Å²) < 4.78 is 0. The van der Waals surface area contributed by atoms with E-state index < -0.39 is 4.92 Å². The van der Waals surface area contributed by atoms with Crippen LogP contribution in [0.2, 0.25) is 20.1 Å². The number of nitrogens with one attached hydrogen (secondary N) is 1. The standard InChI is InChI=1S/C8H5Cl2N.C6H3Cl2NO2.C2H3.BrH.Mg/c9-6-3-5-1-2-11-8(5)7(10)4-6;7-4-1-2-6(9(10)11)5(8)3-4;1-2;;/h1-4,11H;1-3H;1H,2H2;1H;/q;;-1;;+2/p-1. The molecule has 0 atom stereocenters. The smallest absolute Gasteiger partial charge is 1.00 e. The number of benzene rings is 2. The van der Waals surface area contributed by atoms with Crippen LogP contribution in [0.4, 0.5) is 5.69 Å². The van der Waals surface area contributed by atoms with Crippen LogP contribution in [0.15, 0.2) is 49.2 Å². The van der Waals surface area contributed by atoms with Crippen molar-refractivity contribution in [2.45, 2.75) is 0 Å². The van der Waals surface area contributed by atoms with E-state index in [1.54, 1.807) is 6.07 Å². The van der Waals surface area contributed by atoms with Crippen molar-refractivity contribution in [3.8, 4) is 0 Å². The van der Waals surface area contributed by atoms with Gasteiger partial charge in [-0.25, -0.2) is 0 Å². The summed E-state index contributed by atoms with van der Waals surface area (Å²) in [6.07, 6.45) is 1.84.